The van der Waals surface area contributed by atoms with E-state index in [9.17, 15) is 0 Å². The molecule has 5 heteroatoms. The molecule has 1 aromatic heterocycles. The summed E-state index contributed by atoms with van der Waals surface area (Å²) in [5.41, 5.74) is 1.74. The summed E-state index contributed by atoms with van der Waals surface area (Å²) in [6.45, 7) is 3.79. The van der Waals surface area contributed by atoms with Gasteiger partial charge >= 0.3 is 0 Å². The van der Waals surface area contributed by atoms with Gasteiger partial charge in [0.05, 0.1) is 17.0 Å². The van der Waals surface area contributed by atoms with Crippen LogP contribution in [0.5, 0.6) is 5.75 Å². The van der Waals surface area contributed by atoms with Gasteiger partial charge in [0.2, 0.25) is 0 Å². The van der Waals surface area contributed by atoms with Crippen LogP contribution in [0.4, 0.5) is 0 Å². The molecule has 0 aliphatic rings. The van der Waals surface area contributed by atoms with Crippen LogP contribution in [-0.4, -0.2) is 7.11 Å². The van der Waals surface area contributed by atoms with Crippen molar-refractivity contribution in [2.75, 3.05) is 7.11 Å². The van der Waals surface area contributed by atoms with E-state index in [1.165, 1.54) is 0 Å². The van der Waals surface area contributed by atoms with Gasteiger partial charge in [-0.2, -0.15) is 0 Å². The molecule has 0 fully saturated rings. The number of hydrogen-bond donors (Lipinski definition) is 0. The second kappa shape index (κ2) is 5.78. The van der Waals surface area contributed by atoms with Gasteiger partial charge in [-0.25, -0.2) is 0 Å². The van der Waals surface area contributed by atoms with Crippen molar-refractivity contribution in [3.63, 3.8) is 0 Å². The minimum Gasteiger partial charge on any atom is -0.495 e. The molecule has 0 amide bonds. The van der Waals surface area contributed by atoms with E-state index >= 15 is 0 Å². The normalized spacial score (nSPS) is 12.5. The molecule has 0 spiro atoms. The average molecular weight is 364 g/mol. The number of alkyl halides is 1. The highest BCUT2D eigenvalue weighted by Gasteiger charge is 2.22. The van der Waals surface area contributed by atoms with E-state index in [2.05, 4.69) is 15.9 Å². The van der Waals surface area contributed by atoms with Crippen molar-refractivity contribution in [3.05, 3.63) is 50.3 Å². The van der Waals surface area contributed by atoms with Crippen molar-refractivity contribution in [3.8, 4) is 5.75 Å². The maximum absolute atomic E-state index is 6.56. The third kappa shape index (κ3) is 2.93. The Morgan fingerprint density at radius 1 is 1.21 bits per heavy atom. The number of benzene rings is 1. The smallest absolute Gasteiger partial charge is 0.138 e. The quantitative estimate of drug-likeness (QED) is 0.657. The Bertz CT molecular complexity index is 608. The molecule has 1 atom stereocenters. The van der Waals surface area contributed by atoms with Gasteiger partial charge in [-0.15, -0.1) is 11.6 Å². The molecule has 0 N–H and O–H groups in total. The van der Waals surface area contributed by atoms with Crippen LogP contribution in [0.15, 0.2) is 27.1 Å². The summed E-state index contributed by atoms with van der Waals surface area (Å²) in [6.07, 6.45) is 0. The molecule has 19 heavy (non-hydrogen) atoms. The fourth-order valence-electron chi connectivity index (χ4n) is 2.05. The third-order valence-corrected chi connectivity index (χ3v) is 4.14. The summed E-state index contributed by atoms with van der Waals surface area (Å²) in [4.78, 5) is 0. The minimum absolute atomic E-state index is 0.373. The zero-order valence-electron chi connectivity index (χ0n) is 10.8. The molecule has 102 valence electrons. The molecule has 0 aliphatic heterocycles. The van der Waals surface area contributed by atoms with Crippen molar-refractivity contribution in [1.82, 2.24) is 0 Å². The third-order valence-electron chi connectivity index (χ3n) is 2.87. The number of methoxy groups -OCH3 is 1. The molecule has 2 aromatic rings. The first kappa shape index (κ1) is 14.8. The van der Waals surface area contributed by atoms with Crippen molar-refractivity contribution >= 4 is 39.1 Å². The zero-order valence-corrected chi connectivity index (χ0v) is 13.9. The van der Waals surface area contributed by atoms with E-state index < -0.39 is 0 Å². The zero-order chi connectivity index (χ0) is 14.2. The van der Waals surface area contributed by atoms with Gasteiger partial charge in [-0.05, 0) is 48.0 Å². The number of hydrogen-bond acceptors (Lipinski definition) is 2. The van der Waals surface area contributed by atoms with Crippen molar-refractivity contribution in [2.24, 2.45) is 0 Å². The van der Waals surface area contributed by atoms with Crippen LogP contribution in [0.3, 0.4) is 0 Å². The van der Waals surface area contributed by atoms with Crippen LogP contribution in [-0.2, 0) is 0 Å². The van der Waals surface area contributed by atoms with E-state index in [0.717, 1.165) is 27.1 Å². The summed E-state index contributed by atoms with van der Waals surface area (Å²) >= 11 is 16.1. The molecule has 0 bridgehead atoms. The van der Waals surface area contributed by atoms with Gasteiger partial charge in [-0.1, -0.05) is 11.6 Å². The topological polar surface area (TPSA) is 22.4 Å². The predicted octanol–water partition coefficient (Wildman–Crippen LogP) is 5.65. The second-order valence-electron chi connectivity index (χ2n) is 4.24. The molecule has 0 radical (unpaired) electrons. The van der Waals surface area contributed by atoms with Crippen LogP contribution < -0.4 is 4.74 Å². The Kier molecular flexibility index (Phi) is 4.49. The lowest BCUT2D eigenvalue weighted by molar-refractivity contribution is 0.407. The lowest BCUT2D eigenvalue weighted by atomic mass is 10.0. The maximum Gasteiger partial charge on any atom is 0.138 e. The summed E-state index contributed by atoms with van der Waals surface area (Å²) in [6, 6.07) is 5.52. The Hall–Kier alpha value is -0.640. The molecule has 2 rings (SSSR count). The standard InChI is InChI=1S/C14H13BrCl2O2/c1-7-4-10(8(2)19-7)13(17)11-5-9(16)6-12(15)14(11)18-3/h4-6,13H,1-3H3. The summed E-state index contributed by atoms with van der Waals surface area (Å²) in [5, 5.41) is 0.230. The minimum atomic E-state index is -0.373. The molecule has 1 unspecified atom stereocenters. The van der Waals surface area contributed by atoms with Gasteiger partial charge in [0.15, 0.2) is 0 Å². The summed E-state index contributed by atoms with van der Waals surface area (Å²) in [5.74, 6) is 2.32. The van der Waals surface area contributed by atoms with Crippen LogP contribution in [0.2, 0.25) is 5.02 Å². The number of furan rings is 1. The highest BCUT2D eigenvalue weighted by Crippen LogP contribution is 2.42. The first-order valence-electron chi connectivity index (χ1n) is 5.68. The van der Waals surface area contributed by atoms with Gasteiger partial charge in [0.25, 0.3) is 0 Å². The Morgan fingerprint density at radius 2 is 1.89 bits per heavy atom. The van der Waals surface area contributed by atoms with E-state index in [4.69, 9.17) is 32.4 Å². The van der Waals surface area contributed by atoms with E-state index in [1.54, 1.807) is 13.2 Å². The van der Waals surface area contributed by atoms with Crippen LogP contribution in [0, 0.1) is 13.8 Å². The Balaban J connectivity index is 2.55. The van der Waals surface area contributed by atoms with Gasteiger partial charge in [-0.3, -0.25) is 0 Å². The lowest BCUT2D eigenvalue weighted by Gasteiger charge is -2.15. The fourth-order valence-corrected chi connectivity index (χ4v) is 3.43. The molecule has 0 saturated carbocycles. The highest BCUT2D eigenvalue weighted by molar-refractivity contribution is 9.10. The SMILES string of the molecule is COc1c(Br)cc(Cl)cc1C(Cl)c1cc(C)oc1C. The predicted molar refractivity (Wildman–Crippen MR) is 81.6 cm³/mol. The average Bonchev–Trinajstić information content (AvgIpc) is 2.66. The Morgan fingerprint density at radius 3 is 2.42 bits per heavy atom. The molecule has 0 saturated heterocycles. The monoisotopic (exact) mass is 362 g/mol. The number of aryl methyl sites for hydroxylation is 2. The van der Waals surface area contributed by atoms with E-state index in [0.29, 0.717) is 10.8 Å². The largest absolute Gasteiger partial charge is 0.495 e. The van der Waals surface area contributed by atoms with Crippen LogP contribution in [0.25, 0.3) is 0 Å². The van der Waals surface area contributed by atoms with Crippen LogP contribution >= 0.6 is 39.1 Å². The van der Waals surface area contributed by atoms with Gasteiger partial charge < -0.3 is 9.15 Å². The molecule has 1 aromatic carbocycles. The molecule has 2 nitrogen and oxygen atoms in total. The molecule has 0 aliphatic carbocycles. The molecule has 1 heterocycles. The first-order valence-corrected chi connectivity index (χ1v) is 7.28. The fraction of sp³-hybridized carbons (Fsp3) is 0.286. The Labute approximate surface area is 130 Å². The number of halogens is 3. The van der Waals surface area contributed by atoms with Crippen LogP contribution in [0.1, 0.15) is 28.0 Å². The molecular formula is C14H13BrCl2O2. The first-order chi connectivity index (χ1) is 8.93. The van der Waals surface area contributed by atoms with Crippen molar-refractivity contribution in [1.29, 1.82) is 0 Å². The number of ether oxygens (including phenoxy) is 1. The lowest BCUT2D eigenvalue weighted by Crippen LogP contribution is -1.99. The summed E-state index contributed by atoms with van der Waals surface area (Å²) < 4.78 is 11.7. The van der Waals surface area contributed by atoms with Crippen molar-refractivity contribution < 1.29 is 9.15 Å². The molecular weight excluding hydrogens is 351 g/mol. The van der Waals surface area contributed by atoms with Crippen molar-refractivity contribution in [2.45, 2.75) is 19.2 Å². The van der Waals surface area contributed by atoms with E-state index in [1.807, 2.05) is 26.0 Å². The van der Waals surface area contributed by atoms with E-state index in [-0.39, 0.29) is 5.38 Å². The maximum atomic E-state index is 6.56. The second-order valence-corrected chi connectivity index (χ2v) is 5.97. The highest BCUT2D eigenvalue weighted by atomic mass is 79.9. The number of rotatable bonds is 3. The summed E-state index contributed by atoms with van der Waals surface area (Å²) in [7, 11) is 1.61. The van der Waals surface area contributed by atoms with Gasteiger partial charge in [0, 0.05) is 16.1 Å². The van der Waals surface area contributed by atoms with Gasteiger partial charge in [0.1, 0.15) is 17.3 Å².